The van der Waals surface area contributed by atoms with Gasteiger partial charge in [0.1, 0.15) is 0 Å². The quantitative estimate of drug-likeness (QED) is 0.597. The molecule has 0 aliphatic carbocycles. The van der Waals surface area contributed by atoms with Crippen LogP contribution in [0.5, 0.6) is 0 Å². The van der Waals surface area contributed by atoms with Crippen LogP contribution in [-0.2, 0) is 0 Å². The molecule has 1 rings (SSSR count). The summed E-state index contributed by atoms with van der Waals surface area (Å²) in [5, 5.41) is 3.01. The van der Waals surface area contributed by atoms with Crippen molar-refractivity contribution >= 4 is 23.1 Å². The fraction of sp³-hybridized carbons (Fsp3) is 0.455. The van der Waals surface area contributed by atoms with Crippen molar-refractivity contribution in [3.05, 3.63) is 23.8 Å². The molecule has 90 valence electrons. The second-order valence-corrected chi connectivity index (χ2v) is 4.41. The number of benzene rings is 1. The molecule has 0 aliphatic heterocycles. The summed E-state index contributed by atoms with van der Waals surface area (Å²) >= 11 is 1.74. The van der Waals surface area contributed by atoms with E-state index in [1.165, 1.54) is 6.07 Å². The van der Waals surface area contributed by atoms with Crippen LogP contribution < -0.4 is 11.1 Å². The number of nitrogen functional groups attached to an aromatic ring is 1. The highest BCUT2D eigenvalue weighted by molar-refractivity contribution is 7.98. The molecule has 5 heteroatoms. The minimum absolute atomic E-state index is 0.0239. The van der Waals surface area contributed by atoms with Crippen LogP contribution >= 0.6 is 11.8 Å². The summed E-state index contributed by atoms with van der Waals surface area (Å²) in [6.45, 7) is 0.699. The molecule has 0 heterocycles. The molecule has 0 spiro atoms. The van der Waals surface area contributed by atoms with E-state index in [2.05, 4.69) is 5.32 Å². The zero-order valence-electron chi connectivity index (χ0n) is 9.17. The number of alkyl halides is 2. The highest BCUT2D eigenvalue weighted by atomic mass is 32.2. The third kappa shape index (κ3) is 3.89. The molecule has 0 amide bonds. The van der Waals surface area contributed by atoms with Crippen molar-refractivity contribution < 1.29 is 8.78 Å². The van der Waals surface area contributed by atoms with E-state index in [4.69, 9.17) is 5.73 Å². The topological polar surface area (TPSA) is 38.0 Å². The van der Waals surface area contributed by atoms with Crippen molar-refractivity contribution in [3.63, 3.8) is 0 Å². The third-order valence-electron chi connectivity index (χ3n) is 2.15. The Kier molecular flexibility index (Phi) is 5.38. The highest BCUT2D eigenvalue weighted by Crippen LogP contribution is 2.28. The van der Waals surface area contributed by atoms with Crippen LogP contribution in [0.25, 0.3) is 0 Å². The molecule has 0 bridgehead atoms. The number of rotatable bonds is 6. The predicted molar refractivity (Wildman–Crippen MR) is 67.3 cm³/mol. The largest absolute Gasteiger partial charge is 0.399 e. The van der Waals surface area contributed by atoms with Crippen LogP contribution in [0.1, 0.15) is 18.4 Å². The molecule has 1 aromatic carbocycles. The van der Waals surface area contributed by atoms with Gasteiger partial charge in [-0.05, 0) is 36.6 Å². The Labute approximate surface area is 98.6 Å². The summed E-state index contributed by atoms with van der Waals surface area (Å²) in [5.74, 6) is 1.02. The minimum atomic E-state index is -2.49. The number of halogens is 2. The molecule has 0 saturated carbocycles. The molecule has 0 atom stereocenters. The fourth-order valence-electron chi connectivity index (χ4n) is 1.36. The van der Waals surface area contributed by atoms with Gasteiger partial charge in [-0.25, -0.2) is 8.78 Å². The highest BCUT2D eigenvalue weighted by Gasteiger charge is 2.12. The lowest BCUT2D eigenvalue weighted by Crippen LogP contribution is -2.06. The SMILES string of the molecule is CSCCCNc1ccc(N)cc1C(F)F. The first-order valence-corrected chi connectivity index (χ1v) is 6.45. The predicted octanol–water partition coefficient (Wildman–Crippen LogP) is 3.37. The van der Waals surface area contributed by atoms with E-state index in [0.717, 1.165) is 12.2 Å². The molecule has 3 N–H and O–H groups in total. The Morgan fingerprint density at radius 1 is 1.44 bits per heavy atom. The maximum Gasteiger partial charge on any atom is 0.265 e. The minimum Gasteiger partial charge on any atom is -0.399 e. The van der Waals surface area contributed by atoms with Crippen LogP contribution in [0.4, 0.5) is 20.2 Å². The van der Waals surface area contributed by atoms with E-state index >= 15 is 0 Å². The van der Waals surface area contributed by atoms with E-state index in [1.54, 1.807) is 23.9 Å². The maximum absolute atomic E-state index is 12.7. The Morgan fingerprint density at radius 2 is 2.19 bits per heavy atom. The van der Waals surface area contributed by atoms with Gasteiger partial charge in [0.25, 0.3) is 6.43 Å². The standard InChI is InChI=1S/C11H16F2N2S/c1-16-6-2-5-15-10-4-3-8(14)7-9(10)11(12)13/h3-4,7,11,15H,2,5-6,14H2,1H3. The number of thioether (sulfide) groups is 1. The smallest absolute Gasteiger partial charge is 0.265 e. The first-order chi connectivity index (χ1) is 7.65. The summed E-state index contributed by atoms with van der Waals surface area (Å²) in [6, 6.07) is 4.56. The van der Waals surface area contributed by atoms with Gasteiger partial charge >= 0.3 is 0 Å². The number of hydrogen-bond acceptors (Lipinski definition) is 3. The van der Waals surface area contributed by atoms with Crippen molar-refractivity contribution in [2.45, 2.75) is 12.8 Å². The molecule has 0 unspecified atom stereocenters. The van der Waals surface area contributed by atoms with Gasteiger partial charge in [-0.3, -0.25) is 0 Å². The van der Waals surface area contributed by atoms with Crippen molar-refractivity contribution in [2.24, 2.45) is 0 Å². The number of nitrogens with one attached hydrogen (secondary N) is 1. The monoisotopic (exact) mass is 246 g/mol. The van der Waals surface area contributed by atoms with Gasteiger partial charge in [-0.1, -0.05) is 0 Å². The molecular weight excluding hydrogens is 230 g/mol. The van der Waals surface area contributed by atoms with Gasteiger partial charge in [0.05, 0.1) is 0 Å². The molecular formula is C11H16F2N2S. The molecule has 0 aliphatic rings. The van der Waals surface area contributed by atoms with E-state index < -0.39 is 6.43 Å². The van der Waals surface area contributed by atoms with Crippen molar-refractivity contribution in [1.29, 1.82) is 0 Å². The van der Waals surface area contributed by atoms with Crippen LogP contribution in [0.2, 0.25) is 0 Å². The molecule has 16 heavy (non-hydrogen) atoms. The van der Waals surface area contributed by atoms with Gasteiger partial charge in [0, 0.05) is 23.5 Å². The summed E-state index contributed by atoms with van der Waals surface area (Å²) < 4.78 is 25.4. The Hall–Kier alpha value is -0.970. The molecule has 0 radical (unpaired) electrons. The van der Waals surface area contributed by atoms with Crippen LogP contribution in [0.3, 0.4) is 0 Å². The van der Waals surface area contributed by atoms with Crippen LogP contribution in [0, 0.1) is 0 Å². The van der Waals surface area contributed by atoms with E-state index in [1.807, 2.05) is 6.26 Å². The second-order valence-electron chi connectivity index (χ2n) is 3.42. The Morgan fingerprint density at radius 3 is 2.81 bits per heavy atom. The van der Waals surface area contributed by atoms with E-state index in [-0.39, 0.29) is 5.56 Å². The molecule has 0 fully saturated rings. The first-order valence-electron chi connectivity index (χ1n) is 5.05. The maximum atomic E-state index is 12.7. The second kappa shape index (κ2) is 6.58. The van der Waals surface area contributed by atoms with Crippen molar-refractivity contribution in [1.82, 2.24) is 0 Å². The van der Waals surface area contributed by atoms with Gasteiger partial charge in [0.2, 0.25) is 0 Å². The first kappa shape index (κ1) is 13.1. The normalized spacial score (nSPS) is 10.8. The summed E-state index contributed by atoms with van der Waals surface area (Å²) in [7, 11) is 0. The lowest BCUT2D eigenvalue weighted by atomic mass is 10.1. The van der Waals surface area contributed by atoms with Crippen LogP contribution in [-0.4, -0.2) is 18.6 Å². The molecule has 0 saturated heterocycles. The lowest BCUT2D eigenvalue weighted by molar-refractivity contribution is 0.152. The zero-order chi connectivity index (χ0) is 12.0. The van der Waals surface area contributed by atoms with Crippen molar-refractivity contribution in [3.8, 4) is 0 Å². The number of anilines is 2. The molecule has 0 aromatic heterocycles. The lowest BCUT2D eigenvalue weighted by Gasteiger charge is -2.12. The summed E-state index contributed by atoms with van der Waals surface area (Å²) in [6.07, 6.45) is 0.480. The van der Waals surface area contributed by atoms with Crippen LogP contribution in [0.15, 0.2) is 18.2 Å². The summed E-state index contributed by atoms with van der Waals surface area (Å²) in [4.78, 5) is 0. The fourth-order valence-corrected chi connectivity index (χ4v) is 1.80. The van der Waals surface area contributed by atoms with E-state index in [0.29, 0.717) is 17.9 Å². The third-order valence-corrected chi connectivity index (χ3v) is 2.85. The average molecular weight is 246 g/mol. The van der Waals surface area contributed by atoms with Crippen molar-refractivity contribution in [2.75, 3.05) is 29.6 Å². The number of hydrogen-bond donors (Lipinski definition) is 2. The molecule has 1 aromatic rings. The summed E-state index contributed by atoms with van der Waals surface area (Å²) in [5.41, 5.74) is 6.30. The van der Waals surface area contributed by atoms with Gasteiger partial charge in [0.15, 0.2) is 0 Å². The zero-order valence-corrected chi connectivity index (χ0v) is 9.99. The van der Waals surface area contributed by atoms with Gasteiger partial charge in [-0.2, -0.15) is 11.8 Å². The Balaban J connectivity index is 2.64. The van der Waals surface area contributed by atoms with Gasteiger partial charge < -0.3 is 11.1 Å². The number of nitrogens with two attached hydrogens (primary N) is 1. The van der Waals surface area contributed by atoms with E-state index in [9.17, 15) is 8.78 Å². The molecule has 2 nitrogen and oxygen atoms in total. The van der Waals surface area contributed by atoms with Gasteiger partial charge in [-0.15, -0.1) is 0 Å². The average Bonchev–Trinajstić information content (AvgIpc) is 2.26. The Bertz CT molecular complexity index is 332.